The lowest BCUT2D eigenvalue weighted by Gasteiger charge is -2.57. The minimum Gasteiger partial charge on any atom is -0.313 e. The Labute approximate surface area is 105 Å². The highest BCUT2D eigenvalue weighted by molar-refractivity contribution is 5.45. The second kappa shape index (κ2) is 3.35. The standard InChI is InChI=1S/C16H23N/c1-11-6-5-7-13-12(11)10-14-15(2,3)16(13,4)8-9-17-14/h5-7,14,17H,8-10H2,1-4H3/t14-,16?/m1/s1. The van der Waals surface area contributed by atoms with Gasteiger partial charge in [0.2, 0.25) is 0 Å². The second-order valence-electron chi connectivity index (χ2n) is 6.62. The van der Waals surface area contributed by atoms with Gasteiger partial charge in [-0.2, -0.15) is 0 Å². The van der Waals surface area contributed by atoms with Crippen LogP contribution in [-0.2, 0) is 11.8 Å². The van der Waals surface area contributed by atoms with Crippen LogP contribution in [0.3, 0.4) is 0 Å². The lowest BCUT2D eigenvalue weighted by molar-refractivity contribution is 0.0557. The van der Waals surface area contributed by atoms with E-state index in [1.54, 1.807) is 11.1 Å². The van der Waals surface area contributed by atoms with Gasteiger partial charge in [-0.25, -0.2) is 0 Å². The van der Waals surface area contributed by atoms with E-state index in [1.807, 2.05) is 0 Å². The van der Waals surface area contributed by atoms with Gasteiger partial charge in [0, 0.05) is 11.5 Å². The Morgan fingerprint density at radius 3 is 2.76 bits per heavy atom. The van der Waals surface area contributed by atoms with Crippen LogP contribution >= 0.6 is 0 Å². The Hall–Kier alpha value is -0.820. The monoisotopic (exact) mass is 229 g/mol. The van der Waals surface area contributed by atoms with Gasteiger partial charge in [-0.3, -0.25) is 0 Å². The van der Waals surface area contributed by atoms with Gasteiger partial charge in [-0.05, 0) is 48.4 Å². The highest BCUT2D eigenvalue weighted by atomic mass is 15.0. The van der Waals surface area contributed by atoms with Crippen molar-refractivity contribution in [1.29, 1.82) is 0 Å². The van der Waals surface area contributed by atoms with Gasteiger partial charge in [-0.15, -0.1) is 0 Å². The first kappa shape index (κ1) is 11.3. The molecule has 1 saturated heterocycles. The fraction of sp³-hybridized carbons (Fsp3) is 0.625. The highest BCUT2D eigenvalue weighted by Crippen LogP contribution is 2.53. The van der Waals surface area contributed by atoms with E-state index in [0.717, 1.165) is 6.54 Å². The molecular weight excluding hydrogens is 206 g/mol. The van der Waals surface area contributed by atoms with Crippen molar-refractivity contribution >= 4 is 0 Å². The van der Waals surface area contributed by atoms with E-state index < -0.39 is 0 Å². The maximum atomic E-state index is 3.73. The molecule has 1 heteroatoms. The Morgan fingerprint density at radius 1 is 1.24 bits per heavy atom. The van der Waals surface area contributed by atoms with Gasteiger partial charge in [-0.1, -0.05) is 39.0 Å². The number of aryl methyl sites for hydroxylation is 1. The smallest absolute Gasteiger partial charge is 0.0167 e. The van der Waals surface area contributed by atoms with Crippen LogP contribution in [0.4, 0.5) is 0 Å². The summed E-state index contributed by atoms with van der Waals surface area (Å²) in [6.07, 6.45) is 2.46. The van der Waals surface area contributed by atoms with Crippen molar-refractivity contribution in [3.63, 3.8) is 0 Å². The first-order chi connectivity index (χ1) is 7.97. The van der Waals surface area contributed by atoms with Crippen molar-refractivity contribution in [3.8, 4) is 0 Å². The Morgan fingerprint density at radius 2 is 2.00 bits per heavy atom. The van der Waals surface area contributed by atoms with Crippen molar-refractivity contribution in [1.82, 2.24) is 5.32 Å². The van der Waals surface area contributed by atoms with E-state index in [9.17, 15) is 0 Å². The summed E-state index contributed by atoms with van der Waals surface area (Å²) in [6.45, 7) is 10.8. The van der Waals surface area contributed by atoms with E-state index >= 15 is 0 Å². The van der Waals surface area contributed by atoms with Gasteiger partial charge >= 0.3 is 0 Å². The fourth-order valence-electron chi connectivity index (χ4n) is 3.96. The van der Waals surface area contributed by atoms with Crippen molar-refractivity contribution in [2.75, 3.05) is 6.54 Å². The fourth-order valence-corrected chi connectivity index (χ4v) is 3.96. The molecule has 2 atom stereocenters. The average molecular weight is 229 g/mol. The summed E-state index contributed by atoms with van der Waals surface area (Å²) in [4.78, 5) is 0. The summed E-state index contributed by atoms with van der Waals surface area (Å²) in [7, 11) is 0. The van der Waals surface area contributed by atoms with Crippen molar-refractivity contribution in [3.05, 3.63) is 34.9 Å². The minimum atomic E-state index is 0.336. The number of hydrogen-bond acceptors (Lipinski definition) is 1. The molecule has 17 heavy (non-hydrogen) atoms. The minimum absolute atomic E-state index is 0.336. The summed E-state index contributed by atoms with van der Waals surface area (Å²) >= 11 is 0. The van der Waals surface area contributed by atoms with E-state index in [1.165, 1.54) is 18.4 Å². The molecule has 0 radical (unpaired) electrons. The van der Waals surface area contributed by atoms with E-state index in [0.29, 0.717) is 16.9 Å². The molecule has 2 aliphatic rings. The number of benzene rings is 1. The van der Waals surface area contributed by atoms with Gasteiger partial charge < -0.3 is 5.32 Å². The molecule has 0 saturated carbocycles. The third-order valence-electron chi connectivity index (χ3n) is 5.72. The summed E-state index contributed by atoms with van der Waals surface area (Å²) in [6, 6.07) is 7.49. The summed E-state index contributed by atoms with van der Waals surface area (Å²) in [5, 5.41) is 3.73. The first-order valence-corrected chi connectivity index (χ1v) is 6.79. The van der Waals surface area contributed by atoms with Crippen LogP contribution in [0.5, 0.6) is 0 Å². The normalized spacial score (nSPS) is 34.2. The maximum Gasteiger partial charge on any atom is 0.0167 e. The predicted molar refractivity (Wildman–Crippen MR) is 72.4 cm³/mol. The van der Waals surface area contributed by atoms with Gasteiger partial charge in [0.15, 0.2) is 0 Å². The first-order valence-electron chi connectivity index (χ1n) is 6.79. The van der Waals surface area contributed by atoms with Crippen LogP contribution in [0, 0.1) is 12.3 Å². The Bertz CT molecular complexity index is 461. The summed E-state index contributed by atoms with van der Waals surface area (Å²) in [5.41, 5.74) is 5.37. The molecule has 0 amide bonds. The molecule has 1 nitrogen and oxygen atoms in total. The Balaban J connectivity index is 2.26. The summed E-state index contributed by atoms with van der Waals surface area (Å²) < 4.78 is 0. The molecular formula is C16H23N. The molecule has 1 N–H and O–H groups in total. The van der Waals surface area contributed by atoms with Crippen molar-refractivity contribution in [2.24, 2.45) is 5.41 Å². The molecule has 1 heterocycles. The number of piperidine rings is 1. The molecule has 1 aliphatic heterocycles. The van der Waals surface area contributed by atoms with Crippen LogP contribution < -0.4 is 5.32 Å². The lowest BCUT2D eigenvalue weighted by Crippen LogP contribution is -2.62. The average Bonchev–Trinajstić information content (AvgIpc) is 2.24. The largest absolute Gasteiger partial charge is 0.313 e. The number of nitrogens with one attached hydrogen (secondary N) is 1. The molecule has 1 aliphatic carbocycles. The van der Waals surface area contributed by atoms with Crippen LogP contribution in [0.2, 0.25) is 0 Å². The molecule has 1 aromatic rings. The molecule has 1 unspecified atom stereocenters. The Kier molecular flexibility index (Phi) is 2.22. The molecule has 1 fully saturated rings. The lowest BCUT2D eigenvalue weighted by atomic mass is 9.51. The molecule has 1 aromatic carbocycles. The highest BCUT2D eigenvalue weighted by Gasteiger charge is 2.53. The summed E-state index contributed by atoms with van der Waals surface area (Å²) in [5.74, 6) is 0. The molecule has 3 rings (SSSR count). The van der Waals surface area contributed by atoms with Crippen molar-refractivity contribution in [2.45, 2.75) is 52.0 Å². The van der Waals surface area contributed by atoms with Crippen LogP contribution in [0.25, 0.3) is 0 Å². The molecule has 0 aromatic heterocycles. The number of rotatable bonds is 0. The van der Waals surface area contributed by atoms with E-state index in [4.69, 9.17) is 0 Å². The van der Waals surface area contributed by atoms with E-state index in [2.05, 4.69) is 51.2 Å². The molecule has 0 spiro atoms. The van der Waals surface area contributed by atoms with Crippen molar-refractivity contribution < 1.29 is 0 Å². The topological polar surface area (TPSA) is 12.0 Å². The third-order valence-corrected chi connectivity index (χ3v) is 5.72. The van der Waals surface area contributed by atoms with Gasteiger partial charge in [0.05, 0.1) is 0 Å². The predicted octanol–water partition coefficient (Wildman–Crippen LogP) is 3.20. The number of hydrogen-bond donors (Lipinski definition) is 1. The molecule has 92 valence electrons. The van der Waals surface area contributed by atoms with Gasteiger partial charge in [0.25, 0.3) is 0 Å². The van der Waals surface area contributed by atoms with Gasteiger partial charge in [0.1, 0.15) is 0 Å². The SMILES string of the molecule is Cc1cccc2c1C[C@H]1NCCC2(C)C1(C)C. The van der Waals surface area contributed by atoms with Crippen LogP contribution in [0.15, 0.2) is 18.2 Å². The molecule has 2 bridgehead atoms. The zero-order chi connectivity index (χ0) is 12.3. The second-order valence-corrected chi connectivity index (χ2v) is 6.62. The third kappa shape index (κ3) is 1.29. The van der Waals surface area contributed by atoms with E-state index in [-0.39, 0.29) is 0 Å². The number of fused-ring (bicyclic) bond motifs is 4. The zero-order valence-electron chi connectivity index (χ0n) is 11.4. The van der Waals surface area contributed by atoms with Crippen LogP contribution in [-0.4, -0.2) is 12.6 Å². The zero-order valence-corrected chi connectivity index (χ0v) is 11.4. The quantitative estimate of drug-likeness (QED) is 0.720. The maximum absolute atomic E-state index is 3.73. The van der Waals surface area contributed by atoms with Crippen LogP contribution in [0.1, 0.15) is 43.9 Å².